The number of carbonyl (C=O) groups is 1. The van der Waals surface area contributed by atoms with Gasteiger partial charge in [0.2, 0.25) is 0 Å². The van der Waals surface area contributed by atoms with E-state index in [2.05, 4.69) is 15.5 Å². The molecule has 0 aliphatic heterocycles. The fourth-order valence-electron chi connectivity index (χ4n) is 0.532. The SMILES string of the molecule is NNC(=O)Nc1ccnnc1. The highest BCUT2D eigenvalue weighted by Gasteiger charge is 1.96. The monoisotopic (exact) mass is 153 g/mol. The van der Waals surface area contributed by atoms with Crippen molar-refractivity contribution in [2.45, 2.75) is 0 Å². The fourth-order valence-corrected chi connectivity index (χ4v) is 0.532. The van der Waals surface area contributed by atoms with Gasteiger partial charge in [0.05, 0.1) is 18.1 Å². The van der Waals surface area contributed by atoms with E-state index >= 15 is 0 Å². The van der Waals surface area contributed by atoms with E-state index < -0.39 is 6.03 Å². The van der Waals surface area contributed by atoms with Crippen LogP contribution >= 0.6 is 0 Å². The zero-order valence-electron chi connectivity index (χ0n) is 5.61. The minimum Gasteiger partial charge on any atom is -0.305 e. The average Bonchev–Trinajstić information content (AvgIpc) is 2.06. The number of hydrogen-bond acceptors (Lipinski definition) is 4. The zero-order valence-corrected chi connectivity index (χ0v) is 5.61. The molecule has 0 bridgehead atoms. The van der Waals surface area contributed by atoms with E-state index in [1.165, 1.54) is 12.4 Å². The first-order valence-corrected chi connectivity index (χ1v) is 2.87. The highest BCUT2D eigenvalue weighted by molar-refractivity contribution is 5.88. The standard InChI is InChI=1S/C5H7N5O/c6-10-5(11)9-4-1-2-7-8-3-4/h1-3H,6H2,(H2,7,9,10,11). The molecule has 1 rings (SSSR count). The summed E-state index contributed by atoms with van der Waals surface area (Å²) in [5.74, 6) is 4.82. The van der Waals surface area contributed by atoms with Gasteiger partial charge in [-0.25, -0.2) is 10.6 Å². The van der Waals surface area contributed by atoms with Gasteiger partial charge in [-0.05, 0) is 6.07 Å². The van der Waals surface area contributed by atoms with E-state index in [0.717, 1.165) is 0 Å². The maximum Gasteiger partial charge on any atom is 0.333 e. The molecule has 0 saturated heterocycles. The fraction of sp³-hybridized carbons (Fsp3) is 0. The molecule has 0 aromatic carbocycles. The molecule has 6 nitrogen and oxygen atoms in total. The molecule has 0 fully saturated rings. The summed E-state index contributed by atoms with van der Waals surface area (Å²) in [5, 5.41) is 9.48. The van der Waals surface area contributed by atoms with Crippen molar-refractivity contribution < 1.29 is 4.79 Å². The van der Waals surface area contributed by atoms with Gasteiger partial charge in [0.15, 0.2) is 0 Å². The molecular weight excluding hydrogens is 146 g/mol. The molecule has 6 heteroatoms. The summed E-state index contributed by atoms with van der Waals surface area (Å²) in [6.07, 6.45) is 2.88. The average molecular weight is 153 g/mol. The number of nitrogens with one attached hydrogen (secondary N) is 2. The first-order chi connectivity index (χ1) is 5.33. The number of amides is 2. The summed E-state index contributed by atoms with van der Waals surface area (Å²) in [6.45, 7) is 0. The third-order valence-electron chi connectivity index (χ3n) is 0.973. The Hall–Kier alpha value is -1.69. The first-order valence-electron chi connectivity index (χ1n) is 2.87. The maximum absolute atomic E-state index is 10.6. The summed E-state index contributed by atoms with van der Waals surface area (Å²) < 4.78 is 0. The van der Waals surface area contributed by atoms with Crippen molar-refractivity contribution in [3.05, 3.63) is 18.5 Å². The number of hydrogen-bond donors (Lipinski definition) is 3. The number of anilines is 1. The number of rotatable bonds is 1. The molecule has 0 atom stereocenters. The van der Waals surface area contributed by atoms with E-state index in [1.54, 1.807) is 6.07 Å². The summed E-state index contributed by atoms with van der Waals surface area (Å²) in [4.78, 5) is 10.6. The highest BCUT2D eigenvalue weighted by Crippen LogP contribution is 1.99. The van der Waals surface area contributed by atoms with Crippen molar-refractivity contribution in [1.29, 1.82) is 0 Å². The molecule has 0 radical (unpaired) electrons. The quantitative estimate of drug-likeness (QED) is 0.287. The van der Waals surface area contributed by atoms with Crippen molar-refractivity contribution in [1.82, 2.24) is 15.6 Å². The number of urea groups is 1. The zero-order chi connectivity index (χ0) is 8.10. The van der Waals surface area contributed by atoms with E-state index in [0.29, 0.717) is 5.69 Å². The number of nitrogens with zero attached hydrogens (tertiary/aromatic N) is 2. The molecule has 0 saturated carbocycles. The van der Waals surface area contributed by atoms with Crippen molar-refractivity contribution in [2.75, 3.05) is 5.32 Å². The maximum atomic E-state index is 10.6. The van der Waals surface area contributed by atoms with Crippen molar-refractivity contribution in [3.63, 3.8) is 0 Å². The molecule has 0 aliphatic rings. The molecular formula is C5H7N5O. The van der Waals surface area contributed by atoms with Crippen LogP contribution in [0.1, 0.15) is 0 Å². The number of hydrazine groups is 1. The lowest BCUT2D eigenvalue weighted by molar-refractivity contribution is 0.252. The van der Waals surface area contributed by atoms with Gasteiger partial charge in [0.1, 0.15) is 0 Å². The summed E-state index contributed by atoms with van der Waals surface area (Å²) in [5.41, 5.74) is 2.46. The highest BCUT2D eigenvalue weighted by atomic mass is 16.2. The number of nitrogens with two attached hydrogens (primary N) is 1. The van der Waals surface area contributed by atoms with E-state index in [1.807, 2.05) is 5.43 Å². The Labute approximate surface area is 62.8 Å². The molecule has 4 N–H and O–H groups in total. The van der Waals surface area contributed by atoms with Crippen molar-refractivity contribution in [2.24, 2.45) is 5.84 Å². The lowest BCUT2D eigenvalue weighted by Crippen LogP contribution is -2.34. The second kappa shape index (κ2) is 3.47. The number of carbonyl (C=O) groups excluding carboxylic acids is 1. The molecule has 0 aliphatic carbocycles. The number of aromatic nitrogens is 2. The molecule has 1 aromatic heterocycles. The molecule has 0 unspecified atom stereocenters. The predicted octanol–water partition coefficient (Wildman–Crippen LogP) is -0.528. The van der Waals surface area contributed by atoms with Crippen molar-refractivity contribution >= 4 is 11.7 Å². The van der Waals surface area contributed by atoms with Crippen LogP contribution in [0.4, 0.5) is 10.5 Å². The lowest BCUT2D eigenvalue weighted by Gasteiger charge is -2.00. The molecule has 11 heavy (non-hydrogen) atoms. The second-order valence-corrected chi connectivity index (χ2v) is 1.73. The first kappa shape index (κ1) is 7.42. The van der Waals surface area contributed by atoms with Gasteiger partial charge in [-0.2, -0.15) is 10.2 Å². The Morgan fingerprint density at radius 3 is 2.91 bits per heavy atom. The Morgan fingerprint density at radius 1 is 1.55 bits per heavy atom. The summed E-state index contributed by atoms with van der Waals surface area (Å²) in [7, 11) is 0. The van der Waals surface area contributed by atoms with Crippen LogP contribution in [0.15, 0.2) is 18.5 Å². The van der Waals surface area contributed by atoms with Gasteiger partial charge in [-0.1, -0.05) is 0 Å². The van der Waals surface area contributed by atoms with E-state index in [-0.39, 0.29) is 0 Å². The van der Waals surface area contributed by atoms with Gasteiger partial charge in [0, 0.05) is 0 Å². The Morgan fingerprint density at radius 2 is 2.36 bits per heavy atom. The minimum absolute atomic E-state index is 0.488. The molecule has 1 heterocycles. The van der Waals surface area contributed by atoms with Crippen LogP contribution in [-0.2, 0) is 0 Å². The van der Waals surface area contributed by atoms with Crippen LogP contribution in [0.5, 0.6) is 0 Å². The van der Waals surface area contributed by atoms with Crippen LogP contribution < -0.4 is 16.6 Å². The Balaban J connectivity index is 2.58. The van der Waals surface area contributed by atoms with Gasteiger partial charge in [-0.3, -0.25) is 5.43 Å². The van der Waals surface area contributed by atoms with E-state index in [4.69, 9.17) is 5.84 Å². The Bertz CT molecular complexity index is 236. The summed E-state index contributed by atoms with van der Waals surface area (Å²) >= 11 is 0. The third kappa shape index (κ3) is 2.18. The Kier molecular flexibility index (Phi) is 2.34. The molecule has 58 valence electrons. The molecule has 0 spiro atoms. The van der Waals surface area contributed by atoms with Gasteiger partial charge in [0.25, 0.3) is 0 Å². The molecule has 2 amide bonds. The van der Waals surface area contributed by atoms with Crippen LogP contribution in [0.3, 0.4) is 0 Å². The van der Waals surface area contributed by atoms with Crippen LogP contribution in [-0.4, -0.2) is 16.2 Å². The largest absolute Gasteiger partial charge is 0.333 e. The van der Waals surface area contributed by atoms with Gasteiger partial charge < -0.3 is 5.32 Å². The second-order valence-electron chi connectivity index (χ2n) is 1.73. The summed E-state index contributed by atoms with van der Waals surface area (Å²) in [6, 6.07) is 1.11. The van der Waals surface area contributed by atoms with Crippen LogP contribution in [0, 0.1) is 0 Å². The van der Waals surface area contributed by atoms with Crippen LogP contribution in [0.25, 0.3) is 0 Å². The smallest absolute Gasteiger partial charge is 0.305 e. The lowest BCUT2D eigenvalue weighted by atomic mass is 10.5. The predicted molar refractivity (Wildman–Crippen MR) is 38.4 cm³/mol. The van der Waals surface area contributed by atoms with Gasteiger partial charge >= 0.3 is 6.03 Å². The van der Waals surface area contributed by atoms with Gasteiger partial charge in [-0.15, -0.1) is 0 Å². The van der Waals surface area contributed by atoms with E-state index in [9.17, 15) is 4.79 Å². The van der Waals surface area contributed by atoms with Crippen molar-refractivity contribution in [3.8, 4) is 0 Å². The topological polar surface area (TPSA) is 92.9 Å². The normalized spacial score (nSPS) is 8.82. The van der Waals surface area contributed by atoms with Crippen LogP contribution in [0.2, 0.25) is 0 Å². The minimum atomic E-state index is -0.488. The molecule has 1 aromatic rings. The third-order valence-corrected chi connectivity index (χ3v) is 0.973.